The van der Waals surface area contributed by atoms with Crippen molar-refractivity contribution in [3.63, 3.8) is 0 Å². The Hall–Kier alpha value is -1.77. The van der Waals surface area contributed by atoms with Crippen molar-refractivity contribution < 1.29 is 0 Å². The molecule has 20 heavy (non-hydrogen) atoms. The number of pyridine rings is 1. The highest BCUT2D eigenvalue weighted by atomic mass is 16.1. The molecule has 1 N–H and O–H groups in total. The molecule has 3 nitrogen and oxygen atoms in total. The summed E-state index contributed by atoms with van der Waals surface area (Å²) in [5, 5.41) is 1.12. The number of aromatic amines is 1. The Labute approximate surface area is 119 Å². The van der Waals surface area contributed by atoms with Gasteiger partial charge in [0.25, 0.3) is 5.56 Å². The summed E-state index contributed by atoms with van der Waals surface area (Å²) in [6.45, 7) is 8.52. The number of fused-ring (bicyclic) bond motifs is 1. The van der Waals surface area contributed by atoms with E-state index in [4.69, 9.17) is 0 Å². The Balaban J connectivity index is 2.08. The van der Waals surface area contributed by atoms with Gasteiger partial charge in [-0.2, -0.15) is 0 Å². The van der Waals surface area contributed by atoms with Gasteiger partial charge in [-0.15, -0.1) is 0 Å². The van der Waals surface area contributed by atoms with Gasteiger partial charge in [-0.3, -0.25) is 4.79 Å². The van der Waals surface area contributed by atoms with Crippen molar-refractivity contribution >= 4 is 16.6 Å². The second-order valence-electron chi connectivity index (χ2n) is 6.37. The minimum atomic E-state index is 0.0353. The van der Waals surface area contributed by atoms with Gasteiger partial charge in [0, 0.05) is 18.5 Å². The number of rotatable bonds is 1. The highest BCUT2D eigenvalue weighted by Crippen LogP contribution is 2.26. The summed E-state index contributed by atoms with van der Waals surface area (Å²) >= 11 is 0. The smallest absolute Gasteiger partial charge is 0.271 e. The Bertz CT molecular complexity index is 679. The molecular formula is C17H22N2O. The van der Waals surface area contributed by atoms with Gasteiger partial charge in [0.2, 0.25) is 0 Å². The van der Waals surface area contributed by atoms with Crippen LogP contribution in [0, 0.1) is 18.8 Å². The lowest BCUT2D eigenvalue weighted by Crippen LogP contribution is -2.41. The molecule has 1 fully saturated rings. The Morgan fingerprint density at radius 2 is 1.90 bits per heavy atom. The maximum atomic E-state index is 12.4. The molecule has 1 aromatic heterocycles. The van der Waals surface area contributed by atoms with E-state index < -0.39 is 0 Å². The van der Waals surface area contributed by atoms with Gasteiger partial charge in [-0.05, 0) is 36.8 Å². The third kappa shape index (κ3) is 2.33. The minimum absolute atomic E-state index is 0.0353. The fourth-order valence-corrected chi connectivity index (χ4v) is 3.47. The number of aryl methyl sites for hydroxylation is 1. The third-order valence-electron chi connectivity index (χ3n) is 4.28. The molecule has 1 aromatic carbocycles. The number of hydrogen-bond donors (Lipinski definition) is 1. The molecule has 2 unspecified atom stereocenters. The summed E-state index contributed by atoms with van der Waals surface area (Å²) in [6.07, 6.45) is 1.25. The Kier molecular flexibility index (Phi) is 3.28. The summed E-state index contributed by atoms with van der Waals surface area (Å²) in [5.41, 5.74) is 2.93. The second kappa shape index (κ2) is 4.97. The van der Waals surface area contributed by atoms with Crippen LogP contribution < -0.4 is 10.5 Å². The lowest BCUT2D eigenvalue weighted by Gasteiger charge is -2.36. The maximum absolute atomic E-state index is 12.4. The van der Waals surface area contributed by atoms with Crippen LogP contribution >= 0.6 is 0 Å². The van der Waals surface area contributed by atoms with E-state index in [9.17, 15) is 4.79 Å². The Morgan fingerprint density at radius 1 is 1.20 bits per heavy atom. The zero-order chi connectivity index (χ0) is 14.3. The lowest BCUT2D eigenvalue weighted by molar-refractivity contribution is 0.356. The number of aromatic nitrogens is 1. The third-order valence-corrected chi connectivity index (χ3v) is 4.28. The van der Waals surface area contributed by atoms with Crippen molar-refractivity contribution in [2.24, 2.45) is 11.8 Å². The summed E-state index contributed by atoms with van der Waals surface area (Å²) in [4.78, 5) is 17.7. The summed E-state index contributed by atoms with van der Waals surface area (Å²) in [5.74, 6) is 1.29. The van der Waals surface area contributed by atoms with Gasteiger partial charge >= 0.3 is 0 Å². The van der Waals surface area contributed by atoms with Gasteiger partial charge < -0.3 is 9.88 Å². The van der Waals surface area contributed by atoms with Crippen LogP contribution in [0.15, 0.2) is 29.1 Å². The van der Waals surface area contributed by atoms with Crippen LogP contribution in [0.2, 0.25) is 0 Å². The monoisotopic (exact) mass is 270 g/mol. The summed E-state index contributed by atoms with van der Waals surface area (Å²) in [7, 11) is 0. The highest BCUT2D eigenvalue weighted by Gasteiger charge is 2.23. The van der Waals surface area contributed by atoms with Crippen molar-refractivity contribution in [2.45, 2.75) is 27.2 Å². The van der Waals surface area contributed by atoms with E-state index in [0.29, 0.717) is 11.8 Å². The van der Waals surface area contributed by atoms with E-state index in [2.05, 4.69) is 29.8 Å². The van der Waals surface area contributed by atoms with Crippen LogP contribution in [-0.2, 0) is 0 Å². The average Bonchev–Trinajstić information content (AvgIpc) is 2.38. The number of hydrogen-bond acceptors (Lipinski definition) is 2. The summed E-state index contributed by atoms with van der Waals surface area (Å²) in [6, 6.07) is 8.19. The normalized spacial score (nSPS) is 23.2. The number of anilines is 1. The molecule has 3 rings (SSSR count). The first kappa shape index (κ1) is 13.2. The molecule has 2 atom stereocenters. The Morgan fingerprint density at radius 3 is 2.60 bits per heavy atom. The molecule has 1 aliphatic rings. The number of nitrogens with zero attached hydrogens (tertiary/aromatic N) is 1. The van der Waals surface area contributed by atoms with E-state index in [1.807, 2.05) is 25.1 Å². The molecule has 0 amide bonds. The van der Waals surface area contributed by atoms with Crippen LogP contribution in [0.3, 0.4) is 0 Å². The quantitative estimate of drug-likeness (QED) is 0.863. The molecular weight excluding hydrogens is 248 g/mol. The molecule has 0 radical (unpaired) electrons. The fraction of sp³-hybridized carbons (Fsp3) is 0.471. The van der Waals surface area contributed by atoms with E-state index in [0.717, 1.165) is 35.2 Å². The van der Waals surface area contributed by atoms with Crippen molar-refractivity contribution in [3.8, 4) is 0 Å². The molecule has 3 heteroatoms. The predicted molar refractivity (Wildman–Crippen MR) is 84.5 cm³/mol. The summed E-state index contributed by atoms with van der Waals surface area (Å²) < 4.78 is 0. The molecule has 2 heterocycles. The van der Waals surface area contributed by atoms with Crippen LogP contribution in [0.1, 0.15) is 25.8 Å². The second-order valence-corrected chi connectivity index (χ2v) is 6.37. The maximum Gasteiger partial charge on any atom is 0.271 e. The first-order valence-electron chi connectivity index (χ1n) is 7.42. The van der Waals surface area contributed by atoms with Gasteiger partial charge in [0.1, 0.15) is 5.69 Å². The van der Waals surface area contributed by atoms with Crippen molar-refractivity contribution in [1.29, 1.82) is 0 Å². The highest BCUT2D eigenvalue weighted by molar-refractivity contribution is 5.84. The number of para-hydroxylation sites is 1. The van der Waals surface area contributed by atoms with Crippen molar-refractivity contribution in [3.05, 3.63) is 40.2 Å². The zero-order valence-corrected chi connectivity index (χ0v) is 12.4. The molecule has 0 saturated carbocycles. The number of benzene rings is 1. The van der Waals surface area contributed by atoms with Crippen LogP contribution in [0.25, 0.3) is 10.9 Å². The molecule has 1 aliphatic heterocycles. The largest absolute Gasteiger partial charge is 0.367 e. The predicted octanol–water partition coefficient (Wildman–Crippen LogP) is 3.32. The molecule has 0 spiro atoms. The average molecular weight is 270 g/mol. The SMILES string of the molecule is Cc1cccc2cc(N3CC(C)CC(C)C3)c(=O)[nH]c12. The molecule has 106 valence electrons. The standard InChI is InChI=1S/C17H22N2O/c1-11-7-12(2)10-19(9-11)15-8-14-6-4-5-13(3)16(14)18-17(15)20/h4-6,8,11-12H,7,9-10H2,1-3H3,(H,18,20). The number of nitrogens with one attached hydrogen (secondary N) is 1. The van der Waals surface area contributed by atoms with Gasteiger partial charge in [0.15, 0.2) is 0 Å². The molecule has 1 saturated heterocycles. The van der Waals surface area contributed by atoms with E-state index >= 15 is 0 Å². The van der Waals surface area contributed by atoms with Crippen LogP contribution in [-0.4, -0.2) is 18.1 Å². The van der Waals surface area contributed by atoms with E-state index in [1.54, 1.807) is 0 Å². The lowest BCUT2D eigenvalue weighted by atomic mass is 9.91. The number of H-pyrrole nitrogens is 1. The van der Waals surface area contributed by atoms with Gasteiger partial charge in [0.05, 0.1) is 5.52 Å². The molecule has 2 aromatic rings. The minimum Gasteiger partial charge on any atom is -0.367 e. The first-order valence-corrected chi connectivity index (χ1v) is 7.42. The van der Waals surface area contributed by atoms with Crippen molar-refractivity contribution in [2.75, 3.05) is 18.0 Å². The molecule has 0 bridgehead atoms. The van der Waals surface area contributed by atoms with Crippen molar-refractivity contribution in [1.82, 2.24) is 4.98 Å². The fourth-order valence-electron chi connectivity index (χ4n) is 3.47. The number of piperidine rings is 1. The topological polar surface area (TPSA) is 36.1 Å². The first-order chi connectivity index (χ1) is 9.54. The van der Waals surface area contributed by atoms with Gasteiger partial charge in [-0.1, -0.05) is 32.0 Å². The van der Waals surface area contributed by atoms with Gasteiger partial charge in [-0.25, -0.2) is 0 Å². The van der Waals surface area contributed by atoms with Crippen LogP contribution in [0.4, 0.5) is 5.69 Å². The van der Waals surface area contributed by atoms with Crippen LogP contribution in [0.5, 0.6) is 0 Å². The van der Waals surface area contributed by atoms with E-state index in [-0.39, 0.29) is 5.56 Å². The zero-order valence-electron chi connectivity index (χ0n) is 12.4. The molecule has 0 aliphatic carbocycles. The van der Waals surface area contributed by atoms with E-state index in [1.165, 1.54) is 6.42 Å².